The van der Waals surface area contributed by atoms with E-state index in [2.05, 4.69) is 5.32 Å². The van der Waals surface area contributed by atoms with Crippen molar-refractivity contribution in [2.75, 3.05) is 12.4 Å². The number of nitro benzene ring substituents is 1. The molecule has 0 fully saturated rings. The van der Waals surface area contributed by atoms with Gasteiger partial charge in [0.2, 0.25) is 5.91 Å². The highest BCUT2D eigenvalue weighted by Crippen LogP contribution is 2.33. The largest absolute Gasteiger partial charge is 0.495 e. The molecule has 136 valence electrons. The van der Waals surface area contributed by atoms with Gasteiger partial charge in [-0.25, -0.2) is 0 Å². The van der Waals surface area contributed by atoms with Gasteiger partial charge < -0.3 is 10.1 Å². The molecule has 0 saturated carbocycles. The summed E-state index contributed by atoms with van der Waals surface area (Å²) >= 11 is 17.9. The maximum absolute atomic E-state index is 12.2. The second-order valence-corrected chi connectivity index (χ2v) is 6.46. The molecule has 0 atom stereocenters. The van der Waals surface area contributed by atoms with Crippen molar-refractivity contribution in [1.29, 1.82) is 0 Å². The lowest BCUT2D eigenvalue weighted by Crippen LogP contribution is -2.09. The summed E-state index contributed by atoms with van der Waals surface area (Å²) in [5.41, 5.74) is 1.17. The fourth-order valence-corrected chi connectivity index (χ4v) is 3.02. The minimum absolute atomic E-state index is 0.0665. The van der Waals surface area contributed by atoms with Crippen LogP contribution in [0.2, 0.25) is 15.1 Å². The minimum atomic E-state index is -0.587. The molecule has 0 aromatic heterocycles. The predicted molar refractivity (Wildman–Crippen MR) is 104 cm³/mol. The van der Waals surface area contributed by atoms with Crippen LogP contribution in [0.5, 0.6) is 5.75 Å². The van der Waals surface area contributed by atoms with Crippen LogP contribution in [-0.4, -0.2) is 17.9 Å². The molecule has 0 aliphatic rings. The zero-order chi connectivity index (χ0) is 19.4. The number of halogens is 3. The van der Waals surface area contributed by atoms with Crippen molar-refractivity contribution in [3.63, 3.8) is 0 Å². The topological polar surface area (TPSA) is 81.5 Å². The van der Waals surface area contributed by atoms with Crippen molar-refractivity contribution < 1.29 is 14.5 Å². The van der Waals surface area contributed by atoms with Gasteiger partial charge in [0.05, 0.1) is 17.1 Å². The molecule has 26 heavy (non-hydrogen) atoms. The van der Waals surface area contributed by atoms with E-state index in [1.54, 1.807) is 13.0 Å². The summed E-state index contributed by atoms with van der Waals surface area (Å²) in [5.74, 6) is -0.0779. The summed E-state index contributed by atoms with van der Waals surface area (Å²) in [5, 5.41) is 14.1. The summed E-state index contributed by atoms with van der Waals surface area (Å²) in [6.45, 7) is 1.63. The van der Waals surface area contributed by atoms with Gasteiger partial charge >= 0.3 is 0 Å². The summed E-state index contributed by atoms with van der Waals surface area (Å²) in [4.78, 5) is 22.4. The molecular weight excluding hydrogens is 403 g/mol. The number of hydrogen-bond donors (Lipinski definition) is 1. The molecule has 9 heteroatoms. The lowest BCUT2D eigenvalue weighted by Gasteiger charge is -2.09. The van der Waals surface area contributed by atoms with Crippen molar-refractivity contribution in [1.82, 2.24) is 0 Å². The summed E-state index contributed by atoms with van der Waals surface area (Å²) in [6.07, 6.45) is 2.76. The standard InChI is InChI=1S/C17H13Cl3N2O4/c1-9-5-15(22(24)25)12(19)8-14(9)21-16(23)4-3-10-6-11(18)7-13(20)17(10)26-2/h3-8H,1-2H3,(H,21,23)/b4-3+. The average molecular weight is 416 g/mol. The molecule has 2 aromatic rings. The third-order valence-electron chi connectivity index (χ3n) is 3.40. The zero-order valence-electron chi connectivity index (χ0n) is 13.7. The van der Waals surface area contributed by atoms with Crippen LogP contribution in [-0.2, 0) is 4.79 Å². The van der Waals surface area contributed by atoms with Crippen molar-refractivity contribution in [2.45, 2.75) is 6.92 Å². The highest BCUT2D eigenvalue weighted by molar-refractivity contribution is 6.36. The van der Waals surface area contributed by atoms with Gasteiger partial charge in [0.25, 0.3) is 5.69 Å². The predicted octanol–water partition coefficient (Wildman–Crippen LogP) is 5.52. The van der Waals surface area contributed by atoms with E-state index < -0.39 is 10.8 Å². The number of anilines is 1. The molecule has 0 aliphatic heterocycles. The minimum Gasteiger partial charge on any atom is -0.495 e. The van der Waals surface area contributed by atoms with Crippen molar-refractivity contribution >= 4 is 58.2 Å². The second kappa shape index (κ2) is 8.40. The van der Waals surface area contributed by atoms with Crippen LogP contribution >= 0.6 is 34.8 Å². The van der Waals surface area contributed by atoms with Crippen LogP contribution in [0.1, 0.15) is 11.1 Å². The maximum atomic E-state index is 12.2. The van der Waals surface area contributed by atoms with E-state index in [0.29, 0.717) is 32.6 Å². The van der Waals surface area contributed by atoms with Gasteiger partial charge in [0.1, 0.15) is 10.8 Å². The molecule has 2 aromatic carbocycles. The van der Waals surface area contributed by atoms with Gasteiger partial charge in [0.15, 0.2) is 0 Å². The van der Waals surface area contributed by atoms with Crippen LogP contribution in [0.4, 0.5) is 11.4 Å². The van der Waals surface area contributed by atoms with Crippen LogP contribution in [0.25, 0.3) is 6.08 Å². The molecule has 2 rings (SSSR count). The Kier molecular flexibility index (Phi) is 6.47. The highest BCUT2D eigenvalue weighted by Gasteiger charge is 2.16. The van der Waals surface area contributed by atoms with E-state index >= 15 is 0 Å². The Morgan fingerprint density at radius 2 is 1.88 bits per heavy atom. The monoisotopic (exact) mass is 414 g/mol. The molecule has 0 aliphatic carbocycles. The molecule has 6 nitrogen and oxygen atoms in total. The van der Waals surface area contributed by atoms with E-state index in [9.17, 15) is 14.9 Å². The Hall–Kier alpha value is -2.28. The van der Waals surface area contributed by atoms with E-state index in [1.165, 1.54) is 37.5 Å². The highest BCUT2D eigenvalue weighted by atomic mass is 35.5. The molecule has 1 amide bonds. The van der Waals surface area contributed by atoms with Crippen molar-refractivity contribution in [2.24, 2.45) is 0 Å². The Balaban J connectivity index is 2.23. The fourth-order valence-electron chi connectivity index (χ4n) is 2.20. The maximum Gasteiger partial charge on any atom is 0.288 e. The van der Waals surface area contributed by atoms with Crippen molar-refractivity contribution in [3.05, 3.63) is 66.7 Å². The molecule has 0 spiro atoms. The third-order valence-corrected chi connectivity index (χ3v) is 4.21. The second-order valence-electron chi connectivity index (χ2n) is 5.21. The number of aryl methyl sites for hydroxylation is 1. The number of benzene rings is 2. The summed E-state index contributed by atoms with van der Waals surface area (Å²) in [7, 11) is 1.45. The quantitative estimate of drug-likeness (QED) is 0.396. The van der Waals surface area contributed by atoms with E-state index in [1.807, 2.05) is 0 Å². The Labute approximate surface area is 164 Å². The first-order valence-corrected chi connectivity index (χ1v) is 8.33. The molecule has 0 saturated heterocycles. The number of nitrogens with zero attached hydrogens (tertiary/aromatic N) is 1. The Bertz CT molecular complexity index is 913. The van der Waals surface area contributed by atoms with Crippen LogP contribution < -0.4 is 10.1 Å². The molecule has 0 unspecified atom stereocenters. The number of carbonyl (C=O) groups excluding carboxylic acids is 1. The smallest absolute Gasteiger partial charge is 0.288 e. The van der Waals surface area contributed by atoms with Gasteiger partial charge in [-0.2, -0.15) is 0 Å². The van der Waals surface area contributed by atoms with E-state index in [-0.39, 0.29) is 10.7 Å². The number of amides is 1. The summed E-state index contributed by atoms with van der Waals surface area (Å²) in [6, 6.07) is 5.75. The average Bonchev–Trinajstić information content (AvgIpc) is 2.55. The molecule has 0 bridgehead atoms. The van der Waals surface area contributed by atoms with E-state index in [4.69, 9.17) is 39.5 Å². The molecule has 1 N–H and O–H groups in total. The lowest BCUT2D eigenvalue weighted by molar-refractivity contribution is -0.384. The number of rotatable bonds is 5. The van der Waals surface area contributed by atoms with Gasteiger partial charge in [-0.05, 0) is 36.8 Å². The number of nitro groups is 1. The van der Waals surface area contributed by atoms with Gasteiger partial charge in [-0.15, -0.1) is 0 Å². The van der Waals surface area contributed by atoms with Crippen molar-refractivity contribution in [3.8, 4) is 5.75 Å². The SMILES string of the molecule is COc1c(Cl)cc(Cl)cc1/C=C/C(=O)Nc1cc(Cl)c([N+](=O)[O-])cc1C. The Morgan fingerprint density at radius 3 is 2.50 bits per heavy atom. The number of methoxy groups -OCH3 is 1. The molecule has 0 radical (unpaired) electrons. The lowest BCUT2D eigenvalue weighted by atomic mass is 10.1. The van der Waals surface area contributed by atoms with E-state index in [0.717, 1.165) is 0 Å². The van der Waals surface area contributed by atoms with Gasteiger partial charge in [-0.3, -0.25) is 14.9 Å². The number of carbonyl (C=O) groups is 1. The first kappa shape index (κ1) is 20.0. The van der Waals surface area contributed by atoms with Gasteiger partial charge in [0, 0.05) is 28.4 Å². The first-order valence-electron chi connectivity index (χ1n) is 7.19. The molecule has 0 heterocycles. The summed E-state index contributed by atoms with van der Waals surface area (Å²) < 4.78 is 5.20. The zero-order valence-corrected chi connectivity index (χ0v) is 15.9. The number of ether oxygens (including phenoxy) is 1. The Morgan fingerprint density at radius 1 is 1.19 bits per heavy atom. The van der Waals surface area contributed by atoms with Crippen LogP contribution in [0, 0.1) is 17.0 Å². The first-order chi connectivity index (χ1) is 12.2. The number of nitrogens with one attached hydrogen (secondary N) is 1. The van der Waals surface area contributed by atoms with Gasteiger partial charge in [-0.1, -0.05) is 34.8 Å². The third kappa shape index (κ3) is 4.66. The number of hydrogen-bond acceptors (Lipinski definition) is 4. The van der Waals surface area contributed by atoms with Crippen LogP contribution in [0.3, 0.4) is 0 Å². The fraction of sp³-hybridized carbons (Fsp3) is 0.118. The normalized spacial score (nSPS) is 10.8. The van der Waals surface area contributed by atoms with Crippen LogP contribution in [0.15, 0.2) is 30.3 Å². The molecular formula is C17H13Cl3N2O4.